The van der Waals surface area contributed by atoms with Crippen LogP contribution < -0.4 is 4.74 Å². The van der Waals surface area contributed by atoms with Crippen LogP contribution in [0.5, 0.6) is 5.75 Å². The Labute approximate surface area is 123 Å². The number of hydrogen-bond donors (Lipinski definition) is 1. The Hall–Kier alpha value is -2.27. The number of carbonyl (C=O) groups is 1. The first kappa shape index (κ1) is 15.1. The van der Waals surface area contributed by atoms with Gasteiger partial charge in [0.2, 0.25) is 5.76 Å². The highest BCUT2D eigenvalue weighted by atomic mass is 16.5. The first-order valence-corrected chi connectivity index (χ1v) is 6.63. The molecule has 1 N–H and O–H groups in total. The van der Waals surface area contributed by atoms with Gasteiger partial charge in [0.15, 0.2) is 0 Å². The third-order valence-electron chi connectivity index (χ3n) is 3.28. The van der Waals surface area contributed by atoms with Gasteiger partial charge in [-0.15, -0.1) is 0 Å². The highest BCUT2D eigenvalue weighted by molar-refractivity contribution is 5.84. The second kappa shape index (κ2) is 6.45. The standard InChI is InChI=1S/C16H19NO4/c1-11-13(8-15(21-11)16(18)19)10-17(2)9-12-4-6-14(20-3)7-5-12/h4-8H,9-10H2,1-3H3,(H,18,19). The van der Waals surface area contributed by atoms with Gasteiger partial charge in [0.05, 0.1) is 7.11 Å². The Morgan fingerprint density at radius 2 is 1.95 bits per heavy atom. The average molecular weight is 289 g/mol. The first-order valence-electron chi connectivity index (χ1n) is 6.63. The van der Waals surface area contributed by atoms with Crippen LogP contribution in [0.25, 0.3) is 0 Å². The highest BCUT2D eigenvalue weighted by Crippen LogP contribution is 2.18. The molecule has 0 atom stereocenters. The summed E-state index contributed by atoms with van der Waals surface area (Å²) in [6.07, 6.45) is 0. The number of ether oxygens (including phenoxy) is 1. The van der Waals surface area contributed by atoms with Crippen molar-refractivity contribution in [3.63, 3.8) is 0 Å². The molecular formula is C16H19NO4. The number of aryl methyl sites for hydroxylation is 1. The summed E-state index contributed by atoms with van der Waals surface area (Å²) in [6, 6.07) is 9.46. The minimum absolute atomic E-state index is 0.0136. The van der Waals surface area contributed by atoms with Gasteiger partial charge >= 0.3 is 5.97 Å². The summed E-state index contributed by atoms with van der Waals surface area (Å²) in [6.45, 7) is 3.18. The van der Waals surface area contributed by atoms with E-state index in [9.17, 15) is 4.79 Å². The number of furan rings is 1. The fraction of sp³-hybridized carbons (Fsp3) is 0.312. The molecule has 0 aliphatic heterocycles. The Bertz CT molecular complexity index is 616. The van der Waals surface area contributed by atoms with Crippen molar-refractivity contribution >= 4 is 5.97 Å². The van der Waals surface area contributed by atoms with Crippen LogP contribution in [-0.4, -0.2) is 30.1 Å². The van der Waals surface area contributed by atoms with E-state index < -0.39 is 5.97 Å². The summed E-state index contributed by atoms with van der Waals surface area (Å²) >= 11 is 0. The van der Waals surface area contributed by atoms with Gasteiger partial charge in [-0.2, -0.15) is 0 Å². The lowest BCUT2D eigenvalue weighted by atomic mass is 10.2. The maximum Gasteiger partial charge on any atom is 0.371 e. The number of benzene rings is 1. The molecule has 2 rings (SSSR count). The predicted octanol–water partition coefficient (Wildman–Crippen LogP) is 2.93. The maximum absolute atomic E-state index is 10.9. The second-order valence-electron chi connectivity index (χ2n) is 5.02. The topological polar surface area (TPSA) is 62.9 Å². The van der Waals surface area contributed by atoms with Crippen molar-refractivity contribution in [2.75, 3.05) is 14.2 Å². The van der Waals surface area contributed by atoms with Crippen LogP contribution in [-0.2, 0) is 13.1 Å². The van der Waals surface area contributed by atoms with Crippen molar-refractivity contribution in [1.29, 1.82) is 0 Å². The lowest BCUT2D eigenvalue weighted by Crippen LogP contribution is -2.17. The number of rotatable bonds is 6. The highest BCUT2D eigenvalue weighted by Gasteiger charge is 2.14. The molecule has 5 heteroatoms. The third-order valence-corrected chi connectivity index (χ3v) is 3.28. The number of nitrogens with zero attached hydrogens (tertiary/aromatic N) is 1. The van der Waals surface area contributed by atoms with Crippen molar-refractivity contribution in [2.24, 2.45) is 0 Å². The van der Waals surface area contributed by atoms with Crippen LogP contribution in [0.1, 0.15) is 27.4 Å². The van der Waals surface area contributed by atoms with Gasteiger partial charge in [0.1, 0.15) is 11.5 Å². The normalized spacial score (nSPS) is 10.9. The van der Waals surface area contributed by atoms with E-state index in [1.165, 1.54) is 0 Å². The Morgan fingerprint density at radius 1 is 1.29 bits per heavy atom. The second-order valence-corrected chi connectivity index (χ2v) is 5.02. The monoisotopic (exact) mass is 289 g/mol. The van der Waals surface area contributed by atoms with Crippen LogP contribution in [0.3, 0.4) is 0 Å². The molecule has 1 aromatic heterocycles. The maximum atomic E-state index is 10.9. The quantitative estimate of drug-likeness (QED) is 0.886. The zero-order chi connectivity index (χ0) is 15.4. The van der Waals surface area contributed by atoms with Crippen molar-refractivity contribution < 1.29 is 19.1 Å². The SMILES string of the molecule is COc1ccc(CN(C)Cc2cc(C(=O)O)oc2C)cc1. The molecule has 0 saturated carbocycles. The Balaban J connectivity index is 2.00. The molecule has 0 radical (unpaired) electrons. The summed E-state index contributed by atoms with van der Waals surface area (Å²) in [4.78, 5) is 13.0. The summed E-state index contributed by atoms with van der Waals surface area (Å²) in [7, 11) is 3.62. The average Bonchev–Trinajstić information content (AvgIpc) is 2.81. The van der Waals surface area contributed by atoms with Crippen molar-refractivity contribution in [2.45, 2.75) is 20.0 Å². The molecule has 0 amide bonds. The van der Waals surface area contributed by atoms with Gasteiger partial charge in [0, 0.05) is 18.7 Å². The van der Waals surface area contributed by atoms with Crippen LogP contribution in [0.15, 0.2) is 34.7 Å². The molecule has 2 aromatic rings. The van der Waals surface area contributed by atoms with E-state index in [2.05, 4.69) is 4.90 Å². The lowest BCUT2D eigenvalue weighted by molar-refractivity contribution is 0.0661. The Morgan fingerprint density at radius 3 is 2.48 bits per heavy atom. The molecule has 0 saturated heterocycles. The smallest absolute Gasteiger partial charge is 0.371 e. The van der Waals surface area contributed by atoms with Crippen molar-refractivity contribution in [3.8, 4) is 5.75 Å². The first-order chi connectivity index (χ1) is 9.99. The van der Waals surface area contributed by atoms with Crippen LogP contribution in [0.2, 0.25) is 0 Å². The zero-order valence-corrected chi connectivity index (χ0v) is 12.4. The van der Waals surface area contributed by atoms with E-state index in [0.717, 1.165) is 23.4 Å². The van der Waals surface area contributed by atoms with Gasteiger partial charge in [-0.1, -0.05) is 12.1 Å². The van der Waals surface area contributed by atoms with Crippen molar-refractivity contribution in [1.82, 2.24) is 4.90 Å². The van der Waals surface area contributed by atoms with E-state index in [1.807, 2.05) is 31.3 Å². The molecule has 0 aliphatic rings. The summed E-state index contributed by atoms with van der Waals surface area (Å²) in [5.41, 5.74) is 2.06. The molecule has 0 unspecified atom stereocenters. The summed E-state index contributed by atoms with van der Waals surface area (Å²) < 4.78 is 10.3. The minimum atomic E-state index is -1.04. The van der Waals surface area contributed by atoms with Gasteiger partial charge in [0.25, 0.3) is 0 Å². The number of carboxylic acid groups (broad SMARTS) is 1. The van der Waals surface area contributed by atoms with E-state index in [4.69, 9.17) is 14.3 Å². The third kappa shape index (κ3) is 3.86. The van der Waals surface area contributed by atoms with Crippen LogP contribution in [0.4, 0.5) is 0 Å². The molecule has 112 valence electrons. The van der Waals surface area contributed by atoms with Gasteiger partial charge < -0.3 is 14.3 Å². The lowest BCUT2D eigenvalue weighted by Gasteiger charge is -2.16. The van der Waals surface area contributed by atoms with Gasteiger partial charge in [-0.05, 0) is 37.7 Å². The van der Waals surface area contributed by atoms with E-state index in [0.29, 0.717) is 12.3 Å². The number of methoxy groups -OCH3 is 1. The van der Waals surface area contributed by atoms with Gasteiger partial charge in [-0.25, -0.2) is 4.79 Å². The molecule has 0 fully saturated rings. The van der Waals surface area contributed by atoms with E-state index in [-0.39, 0.29) is 5.76 Å². The molecule has 0 aliphatic carbocycles. The van der Waals surface area contributed by atoms with E-state index in [1.54, 1.807) is 20.1 Å². The molecule has 21 heavy (non-hydrogen) atoms. The summed E-state index contributed by atoms with van der Waals surface area (Å²) in [5.74, 6) is 0.426. The minimum Gasteiger partial charge on any atom is -0.497 e. The van der Waals surface area contributed by atoms with Crippen LogP contribution >= 0.6 is 0 Å². The zero-order valence-electron chi connectivity index (χ0n) is 12.4. The Kier molecular flexibility index (Phi) is 4.65. The number of hydrogen-bond acceptors (Lipinski definition) is 4. The molecule has 0 spiro atoms. The molecule has 5 nitrogen and oxygen atoms in total. The molecule has 0 bridgehead atoms. The number of carboxylic acids is 1. The predicted molar refractivity (Wildman–Crippen MR) is 78.6 cm³/mol. The fourth-order valence-electron chi connectivity index (χ4n) is 2.17. The number of aromatic carboxylic acids is 1. The molecule has 1 aromatic carbocycles. The van der Waals surface area contributed by atoms with Crippen LogP contribution in [0, 0.1) is 6.92 Å². The summed E-state index contributed by atoms with van der Waals surface area (Å²) in [5, 5.41) is 8.92. The van der Waals surface area contributed by atoms with Gasteiger partial charge in [-0.3, -0.25) is 4.90 Å². The molecule has 1 heterocycles. The fourth-order valence-corrected chi connectivity index (χ4v) is 2.17. The largest absolute Gasteiger partial charge is 0.497 e. The van der Waals surface area contributed by atoms with E-state index >= 15 is 0 Å². The molecular weight excluding hydrogens is 270 g/mol. The van der Waals surface area contributed by atoms with Crippen molar-refractivity contribution in [3.05, 3.63) is 53.0 Å².